The van der Waals surface area contributed by atoms with Crippen LogP contribution in [0.15, 0.2) is 29.6 Å². The van der Waals surface area contributed by atoms with Gasteiger partial charge in [-0.15, -0.1) is 11.3 Å². The lowest BCUT2D eigenvalue weighted by Gasteiger charge is -2.34. The number of rotatable bonds is 4. The quantitative estimate of drug-likeness (QED) is 0.911. The van der Waals surface area contributed by atoms with E-state index in [-0.39, 0.29) is 17.7 Å². The first-order valence-electron chi connectivity index (χ1n) is 8.46. The van der Waals surface area contributed by atoms with E-state index in [4.69, 9.17) is 0 Å². The van der Waals surface area contributed by atoms with Gasteiger partial charge in [0.15, 0.2) is 0 Å². The van der Waals surface area contributed by atoms with Crippen molar-refractivity contribution in [1.82, 2.24) is 9.88 Å². The number of carbonyl (C=O) groups excluding carboxylic acids is 1. The highest BCUT2D eigenvalue weighted by Gasteiger charge is 2.33. The summed E-state index contributed by atoms with van der Waals surface area (Å²) in [4.78, 5) is 30.1. The number of likely N-dealkylation sites (tertiary alicyclic amines) is 1. The van der Waals surface area contributed by atoms with Crippen LogP contribution >= 0.6 is 11.3 Å². The molecule has 0 radical (unpaired) electrons. The van der Waals surface area contributed by atoms with Crippen molar-refractivity contribution in [3.05, 3.63) is 51.5 Å². The van der Waals surface area contributed by atoms with E-state index in [1.807, 2.05) is 6.92 Å². The van der Waals surface area contributed by atoms with Crippen LogP contribution in [0.2, 0.25) is 0 Å². The number of carbonyl (C=O) groups is 2. The highest BCUT2D eigenvalue weighted by Crippen LogP contribution is 2.25. The molecule has 1 saturated heterocycles. The molecular weight excluding hydrogens is 336 g/mol. The molecular formula is C19H22N2O3S. The summed E-state index contributed by atoms with van der Waals surface area (Å²) in [5, 5.41) is 11.9. The number of carboxylic acid groups (broad SMARTS) is 1. The molecule has 1 amide bonds. The third-order valence-electron chi connectivity index (χ3n) is 4.76. The fourth-order valence-corrected chi connectivity index (χ4v) is 4.03. The van der Waals surface area contributed by atoms with Crippen LogP contribution in [0.5, 0.6) is 0 Å². The second kappa shape index (κ2) is 7.35. The topological polar surface area (TPSA) is 70.5 Å². The predicted molar refractivity (Wildman–Crippen MR) is 96.9 cm³/mol. The Labute approximate surface area is 151 Å². The Bertz CT molecular complexity index is 769. The number of aromatic nitrogens is 1. The van der Waals surface area contributed by atoms with Crippen LogP contribution < -0.4 is 0 Å². The van der Waals surface area contributed by atoms with Crippen LogP contribution in [-0.4, -0.2) is 40.0 Å². The summed E-state index contributed by atoms with van der Waals surface area (Å²) in [5.74, 6) is -1.27. The lowest BCUT2D eigenvalue weighted by atomic mass is 9.87. The molecule has 0 bridgehead atoms. The van der Waals surface area contributed by atoms with Crippen molar-refractivity contribution >= 4 is 23.2 Å². The number of aliphatic carboxylic acids is 1. The number of piperidine rings is 1. The Balaban J connectivity index is 1.65. The second-order valence-electron chi connectivity index (χ2n) is 6.75. The number of hydrogen-bond acceptors (Lipinski definition) is 4. The van der Waals surface area contributed by atoms with Crippen LogP contribution in [0.1, 0.15) is 40.0 Å². The number of thiazole rings is 1. The number of aryl methyl sites for hydroxylation is 1. The summed E-state index contributed by atoms with van der Waals surface area (Å²) >= 11 is 1.49. The van der Waals surface area contributed by atoms with Crippen molar-refractivity contribution in [3.8, 4) is 0 Å². The second-order valence-corrected chi connectivity index (χ2v) is 7.69. The first kappa shape index (κ1) is 17.6. The maximum absolute atomic E-state index is 12.7. The summed E-state index contributed by atoms with van der Waals surface area (Å²) in [6.07, 6.45) is 1.22. The molecule has 2 atom stereocenters. The molecule has 2 heterocycles. The Morgan fingerprint density at radius 1 is 1.32 bits per heavy atom. The molecule has 3 rings (SSSR count). The van der Waals surface area contributed by atoms with Gasteiger partial charge in [-0.25, -0.2) is 4.98 Å². The molecule has 0 saturated carbocycles. The van der Waals surface area contributed by atoms with Gasteiger partial charge >= 0.3 is 5.97 Å². The average Bonchev–Trinajstić information content (AvgIpc) is 3.04. The van der Waals surface area contributed by atoms with Crippen LogP contribution in [0.4, 0.5) is 0 Å². The monoisotopic (exact) mass is 358 g/mol. The van der Waals surface area contributed by atoms with Gasteiger partial charge in [0.2, 0.25) is 0 Å². The lowest BCUT2D eigenvalue weighted by Crippen LogP contribution is -2.45. The molecule has 2 aromatic rings. The summed E-state index contributed by atoms with van der Waals surface area (Å²) < 4.78 is 0. The predicted octanol–water partition coefficient (Wildman–Crippen LogP) is 3.23. The zero-order valence-electron chi connectivity index (χ0n) is 14.4. The molecule has 0 spiro atoms. The number of benzene rings is 1. The van der Waals surface area contributed by atoms with Crippen molar-refractivity contribution in [3.63, 3.8) is 0 Å². The first-order valence-corrected chi connectivity index (χ1v) is 9.34. The summed E-state index contributed by atoms with van der Waals surface area (Å²) in [6, 6.07) is 8.30. The molecule has 2 unspecified atom stereocenters. The lowest BCUT2D eigenvalue weighted by molar-refractivity contribution is -0.145. The van der Waals surface area contributed by atoms with E-state index in [0.29, 0.717) is 25.2 Å². The van der Waals surface area contributed by atoms with E-state index in [0.717, 1.165) is 11.4 Å². The summed E-state index contributed by atoms with van der Waals surface area (Å²) in [5.41, 5.74) is 2.86. The maximum Gasteiger partial charge on any atom is 0.306 e. The number of nitrogens with zero attached hydrogens (tertiary/aromatic N) is 2. The number of amides is 1. The van der Waals surface area contributed by atoms with E-state index >= 15 is 0 Å². The van der Waals surface area contributed by atoms with E-state index in [1.165, 1.54) is 22.5 Å². The largest absolute Gasteiger partial charge is 0.481 e. The zero-order chi connectivity index (χ0) is 18.0. The first-order chi connectivity index (χ1) is 11.9. The smallest absolute Gasteiger partial charge is 0.306 e. The highest BCUT2D eigenvalue weighted by molar-refractivity contribution is 7.09. The van der Waals surface area contributed by atoms with Crippen molar-refractivity contribution < 1.29 is 14.7 Å². The molecule has 1 N–H and O–H groups in total. The van der Waals surface area contributed by atoms with Crippen LogP contribution in [-0.2, 0) is 11.2 Å². The Morgan fingerprint density at radius 3 is 2.68 bits per heavy atom. The molecule has 0 aliphatic carbocycles. The van der Waals surface area contributed by atoms with Gasteiger partial charge in [-0.05, 0) is 24.8 Å². The van der Waals surface area contributed by atoms with Gasteiger partial charge < -0.3 is 10.0 Å². The van der Waals surface area contributed by atoms with E-state index in [1.54, 1.807) is 10.3 Å². The molecule has 6 heteroatoms. The molecule has 1 aliphatic heterocycles. The number of carboxylic acids is 1. The Hall–Kier alpha value is -2.21. The SMILES string of the molecule is Cc1ccc(Cc2nc(C(=O)N3CCC(C(=O)O)C(C)C3)cs2)cc1. The van der Waals surface area contributed by atoms with Crippen LogP contribution in [0, 0.1) is 18.8 Å². The normalized spacial score (nSPS) is 20.5. The van der Waals surface area contributed by atoms with Crippen molar-refractivity contribution in [2.45, 2.75) is 26.7 Å². The maximum atomic E-state index is 12.7. The minimum atomic E-state index is -0.770. The minimum Gasteiger partial charge on any atom is -0.481 e. The van der Waals surface area contributed by atoms with Gasteiger partial charge in [0.25, 0.3) is 5.91 Å². The molecule has 25 heavy (non-hydrogen) atoms. The minimum absolute atomic E-state index is 0.0409. The fourth-order valence-electron chi connectivity index (χ4n) is 3.23. The molecule has 1 aliphatic rings. The van der Waals surface area contributed by atoms with Crippen LogP contribution in [0.3, 0.4) is 0 Å². The van der Waals surface area contributed by atoms with Crippen molar-refractivity contribution in [2.24, 2.45) is 11.8 Å². The number of hydrogen-bond donors (Lipinski definition) is 1. The molecule has 1 aromatic carbocycles. The van der Waals surface area contributed by atoms with Gasteiger partial charge in [-0.2, -0.15) is 0 Å². The van der Waals surface area contributed by atoms with Crippen molar-refractivity contribution in [2.75, 3.05) is 13.1 Å². The summed E-state index contributed by atoms with van der Waals surface area (Å²) in [7, 11) is 0. The highest BCUT2D eigenvalue weighted by atomic mass is 32.1. The molecule has 5 nitrogen and oxygen atoms in total. The van der Waals surface area contributed by atoms with Gasteiger partial charge in [0, 0.05) is 24.9 Å². The third kappa shape index (κ3) is 4.07. The molecule has 1 fully saturated rings. The van der Waals surface area contributed by atoms with Crippen molar-refractivity contribution in [1.29, 1.82) is 0 Å². The van der Waals surface area contributed by atoms with E-state index in [9.17, 15) is 14.7 Å². The van der Waals surface area contributed by atoms with Gasteiger partial charge in [-0.3, -0.25) is 9.59 Å². The van der Waals surface area contributed by atoms with E-state index in [2.05, 4.69) is 36.2 Å². The summed E-state index contributed by atoms with van der Waals surface area (Å²) in [6.45, 7) is 4.89. The average molecular weight is 358 g/mol. The van der Waals surface area contributed by atoms with Gasteiger partial charge in [0.1, 0.15) is 5.69 Å². The van der Waals surface area contributed by atoms with Gasteiger partial charge in [0.05, 0.1) is 10.9 Å². The molecule has 1 aromatic heterocycles. The Kier molecular flexibility index (Phi) is 5.18. The van der Waals surface area contributed by atoms with E-state index < -0.39 is 5.97 Å². The molecule has 132 valence electrons. The fraction of sp³-hybridized carbons (Fsp3) is 0.421. The third-order valence-corrected chi connectivity index (χ3v) is 5.61. The zero-order valence-corrected chi connectivity index (χ0v) is 15.3. The standard InChI is InChI=1S/C19H22N2O3S/c1-12-3-5-14(6-4-12)9-17-20-16(11-25-17)18(22)21-8-7-15(19(23)24)13(2)10-21/h3-6,11,13,15H,7-10H2,1-2H3,(H,23,24). The Morgan fingerprint density at radius 2 is 2.04 bits per heavy atom. The van der Waals surface area contributed by atoms with Crippen LogP contribution in [0.25, 0.3) is 0 Å². The van der Waals surface area contributed by atoms with Gasteiger partial charge in [-0.1, -0.05) is 36.8 Å².